The third-order valence-electron chi connectivity index (χ3n) is 5.30. The topological polar surface area (TPSA) is 47.6 Å². The lowest BCUT2D eigenvalue weighted by molar-refractivity contribution is 0.192. The number of likely N-dealkylation sites (tertiary alicyclic amines) is 1. The van der Waals surface area contributed by atoms with Crippen molar-refractivity contribution in [1.29, 1.82) is 0 Å². The van der Waals surface area contributed by atoms with Gasteiger partial charge in [0, 0.05) is 42.4 Å². The van der Waals surface area contributed by atoms with Crippen LogP contribution in [0.5, 0.6) is 0 Å². The summed E-state index contributed by atoms with van der Waals surface area (Å²) in [5, 5.41) is 6.23. The standard InChI is InChI=1S/C19H29BrN4O/c1-2-23-9-4-6-17(14-23)22-19(25)21-12-15-8-10-24(13-15)18-7-3-5-16(20)11-18/h3,5,7,11,15,17H,2,4,6,8-10,12-14H2,1H3,(H2,21,22,25). The molecule has 0 radical (unpaired) electrons. The van der Waals surface area contributed by atoms with Gasteiger partial charge in [-0.1, -0.05) is 28.9 Å². The first-order valence-electron chi connectivity index (χ1n) is 9.41. The van der Waals surface area contributed by atoms with Crippen LogP contribution in [0.1, 0.15) is 26.2 Å². The molecule has 1 aromatic carbocycles. The molecule has 0 spiro atoms. The molecule has 2 unspecified atom stereocenters. The molecule has 1 aromatic rings. The average molecular weight is 409 g/mol. The number of piperidine rings is 1. The van der Waals surface area contributed by atoms with Crippen molar-refractivity contribution in [3.63, 3.8) is 0 Å². The number of benzene rings is 1. The van der Waals surface area contributed by atoms with Crippen LogP contribution in [0.3, 0.4) is 0 Å². The summed E-state index contributed by atoms with van der Waals surface area (Å²) in [5.74, 6) is 0.517. The Kier molecular flexibility index (Phi) is 6.59. The van der Waals surface area contributed by atoms with Crippen molar-refractivity contribution in [2.75, 3.05) is 44.2 Å². The van der Waals surface area contributed by atoms with Gasteiger partial charge in [-0.3, -0.25) is 0 Å². The van der Waals surface area contributed by atoms with Crippen molar-refractivity contribution in [3.8, 4) is 0 Å². The fourth-order valence-corrected chi connectivity index (χ4v) is 4.23. The molecule has 2 atom stereocenters. The van der Waals surface area contributed by atoms with Gasteiger partial charge in [-0.25, -0.2) is 4.79 Å². The molecule has 2 N–H and O–H groups in total. The number of halogens is 1. The Morgan fingerprint density at radius 3 is 2.96 bits per heavy atom. The second-order valence-electron chi connectivity index (χ2n) is 7.17. The minimum atomic E-state index is -0.0103. The first-order valence-corrected chi connectivity index (χ1v) is 10.2. The Hall–Kier alpha value is -1.27. The first kappa shape index (κ1) is 18.5. The molecule has 6 heteroatoms. The smallest absolute Gasteiger partial charge is 0.315 e. The number of anilines is 1. The zero-order chi connectivity index (χ0) is 17.6. The van der Waals surface area contributed by atoms with Gasteiger partial charge in [-0.05, 0) is 56.5 Å². The van der Waals surface area contributed by atoms with Gasteiger partial charge in [0.15, 0.2) is 0 Å². The SMILES string of the molecule is CCN1CCCC(NC(=O)NCC2CCN(c3cccc(Br)c3)C2)C1. The Morgan fingerprint density at radius 1 is 1.28 bits per heavy atom. The Balaban J connectivity index is 1.39. The van der Waals surface area contributed by atoms with E-state index < -0.39 is 0 Å². The molecule has 0 bridgehead atoms. The zero-order valence-electron chi connectivity index (χ0n) is 15.0. The number of likely N-dealkylation sites (N-methyl/N-ethyl adjacent to an activating group) is 1. The number of hydrogen-bond donors (Lipinski definition) is 2. The maximum atomic E-state index is 12.2. The normalized spacial score (nSPS) is 24.3. The van der Waals surface area contributed by atoms with E-state index in [-0.39, 0.29) is 12.1 Å². The summed E-state index contributed by atoms with van der Waals surface area (Å²) in [5.41, 5.74) is 1.25. The molecule has 25 heavy (non-hydrogen) atoms. The second-order valence-corrected chi connectivity index (χ2v) is 8.08. The van der Waals surface area contributed by atoms with Crippen molar-refractivity contribution in [1.82, 2.24) is 15.5 Å². The molecule has 2 aliphatic rings. The maximum Gasteiger partial charge on any atom is 0.315 e. The number of nitrogens with zero attached hydrogens (tertiary/aromatic N) is 2. The molecule has 2 heterocycles. The van der Waals surface area contributed by atoms with Gasteiger partial charge in [0.2, 0.25) is 0 Å². The number of rotatable bonds is 5. The van der Waals surface area contributed by atoms with Crippen molar-refractivity contribution in [2.24, 2.45) is 5.92 Å². The van der Waals surface area contributed by atoms with Crippen molar-refractivity contribution in [2.45, 2.75) is 32.2 Å². The lowest BCUT2D eigenvalue weighted by Crippen LogP contribution is -2.51. The fourth-order valence-electron chi connectivity index (χ4n) is 3.84. The number of hydrogen-bond acceptors (Lipinski definition) is 3. The highest BCUT2D eigenvalue weighted by molar-refractivity contribution is 9.10. The fraction of sp³-hybridized carbons (Fsp3) is 0.632. The molecular formula is C19H29BrN4O. The van der Waals surface area contributed by atoms with Crippen LogP contribution in [-0.4, -0.2) is 56.2 Å². The first-order chi connectivity index (χ1) is 12.1. The molecule has 0 saturated carbocycles. The van der Waals surface area contributed by atoms with Crippen molar-refractivity contribution in [3.05, 3.63) is 28.7 Å². The maximum absolute atomic E-state index is 12.2. The Labute approximate surface area is 159 Å². The minimum Gasteiger partial charge on any atom is -0.371 e. The molecular weight excluding hydrogens is 380 g/mol. The summed E-state index contributed by atoms with van der Waals surface area (Å²) in [6, 6.07) is 8.70. The largest absolute Gasteiger partial charge is 0.371 e. The molecule has 2 amide bonds. The van der Waals surface area contributed by atoms with Crippen LogP contribution in [-0.2, 0) is 0 Å². The highest BCUT2D eigenvalue weighted by Crippen LogP contribution is 2.25. The van der Waals surface area contributed by atoms with E-state index in [9.17, 15) is 4.79 Å². The Morgan fingerprint density at radius 2 is 2.16 bits per heavy atom. The van der Waals surface area contributed by atoms with Crippen LogP contribution in [0.25, 0.3) is 0 Å². The van der Waals surface area contributed by atoms with Crippen LogP contribution in [0, 0.1) is 5.92 Å². The molecule has 0 aliphatic carbocycles. The van der Waals surface area contributed by atoms with E-state index in [0.717, 1.165) is 56.6 Å². The minimum absolute atomic E-state index is 0.0103. The van der Waals surface area contributed by atoms with Gasteiger partial charge in [0.05, 0.1) is 0 Å². The van der Waals surface area contributed by atoms with E-state index in [2.05, 4.69) is 61.5 Å². The molecule has 2 fully saturated rings. The summed E-state index contributed by atoms with van der Waals surface area (Å²) in [6.45, 7) is 8.18. The molecule has 2 saturated heterocycles. The van der Waals surface area contributed by atoms with E-state index in [1.165, 1.54) is 12.1 Å². The van der Waals surface area contributed by atoms with Gasteiger partial charge in [-0.2, -0.15) is 0 Å². The molecule has 0 aromatic heterocycles. The quantitative estimate of drug-likeness (QED) is 0.786. The number of nitrogens with one attached hydrogen (secondary N) is 2. The monoisotopic (exact) mass is 408 g/mol. The van der Waals surface area contributed by atoms with Crippen LogP contribution in [0.15, 0.2) is 28.7 Å². The Bertz CT molecular complexity index is 582. The van der Waals surface area contributed by atoms with E-state index in [4.69, 9.17) is 0 Å². The van der Waals surface area contributed by atoms with E-state index >= 15 is 0 Å². The van der Waals surface area contributed by atoms with Crippen LogP contribution < -0.4 is 15.5 Å². The predicted molar refractivity (Wildman–Crippen MR) is 106 cm³/mol. The van der Waals surface area contributed by atoms with Gasteiger partial charge < -0.3 is 20.4 Å². The average Bonchev–Trinajstić information content (AvgIpc) is 3.09. The highest BCUT2D eigenvalue weighted by atomic mass is 79.9. The lowest BCUT2D eigenvalue weighted by Gasteiger charge is -2.32. The molecule has 138 valence electrons. The number of amides is 2. The summed E-state index contributed by atoms with van der Waals surface area (Å²) >= 11 is 3.54. The van der Waals surface area contributed by atoms with Crippen LogP contribution in [0.2, 0.25) is 0 Å². The zero-order valence-corrected chi connectivity index (χ0v) is 16.6. The van der Waals surface area contributed by atoms with E-state index in [1.54, 1.807) is 0 Å². The van der Waals surface area contributed by atoms with Gasteiger partial charge in [0.1, 0.15) is 0 Å². The van der Waals surface area contributed by atoms with Crippen LogP contribution in [0.4, 0.5) is 10.5 Å². The van der Waals surface area contributed by atoms with E-state index in [1.807, 2.05) is 6.07 Å². The summed E-state index contributed by atoms with van der Waals surface area (Å²) in [7, 11) is 0. The highest BCUT2D eigenvalue weighted by Gasteiger charge is 2.24. The van der Waals surface area contributed by atoms with Crippen molar-refractivity contribution < 1.29 is 4.79 Å². The van der Waals surface area contributed by atoms with Gasteiger partial charge >= 0.3 is 6.03 Å². The predicted octanol–water partition coefficient (Wildman–Crippen LogP) is 3.06. The van der Waals surface area contributed by atoms with Crippen molar-refractivity contribution >= 4 is 27.6 Å². The summed E-state index contributed by atoms with van der Waals surface area (Å²) in [6.07, 6.45) is 3.38. The number of urea groups is 1. The summed E-state index contributed by atoms with van der Waals surface area (Å²) in [4.78, 5) is 17.0. The molecule has 3 rings (SSSR count). The van der Waals surface area contributed by atoms with E-state index in [0.29, 0.717) is 5.92 Å². The molecule has 5 nitrogen and oxygen atoms in total. The third-order valence-corrected chi connectivity index (χ3v) is 5.79. The third kappa shape index (κ3) is 5.35. The lowest BCUT2D eigenvalue weighted by atomic mass is 10.1. The second kappa shape index (κ2) is 8.90. The number of carbonyl (C=O) groups excluding carboxylic acids is 1. The van der Waals surface area contributed by atoms with Gasteiger partial charge in [0.25, 0.3) is 0 Å². The summed E-state index contributed by atoms with van der Waals surface area (Å²) < 4.78 is 1.11. The van der Waals surface area contributed by atoms with Crippen LogP contribution >= 0.6 is 15.9 Å². The molecule has 2 aliphatic heterocycles. The van der Waals surface area contributed by atoms with Gasteiger partial charge in [-0.15, -0.1) is 0 Å². The number of carbonyl (C=O) groups is 1.